The molecule has 3 atom stereocenters. The number of hydrogen-bond acceptors (Lipinski definition) is 8. The minimum atomic E-state index is -0.562. The predicted molar refractivity (Wildman–Crippen MR) is 176 cm³/mol. The van der Waals surface area contributed by atoms with E-state index in [0.717, 1.165) is 51.1 Å². The van der Waals surface area contributed by atoms with Crippen LogP contribution >= 0.6 is 0 Å². The standard InChI is InChI=1S/C22H32N2O3.C14H13FO4/c1-5-8-15(3)19(9-6-2)27-21-13-18-17(12-20(21)26-4)22(25)24-11-7-10-16(24)14-23-18;1-17-12-6-4-10(8-14(12)18-2)19-13-7-9(16)3-5-11(13)15/h12-16,19H,5-11H2,1-4H3;3-8,16H,1-2H3. The summed E-state index contributed by atoms with van der Waals surface area (Å²) in [7, 11) is 4.64. The Bertz CT molecular complexity index is 1510. The molecule has 0 aliphatic carbocycles. The minimum Gasteiger partial charge on any atom is -0.508 e. The molecule has 46 heavy (non-hydrogen) atoms. The minimum absolute atomic E-state index is 0.0410. The molecule has 1 amide bonds. The Morgan fingerprint density at radius 1 is 0.913 bits per heavy atom. The topological polar surface area (TPSA) is 99.1 Å². The Morgan fingerprint density at radius 3 is 2.33 bits per heavy atom. The highest BCUT2D eigenvalue weighted by Gasteiger charge is 2.33. The molecule has 3 unspecified atom stereocenters. The van der Waals surface area contributed by atoms with Crippen LogP contribution in [0.5, 0.6) is 40.2 Å². The lowest BCUT2D eigenvalue weighted by molar-refractivity contribution is 0.0774. The van der Waals surface area contributed by atoms with E-state index >= 15 is 0 Å². The molecular formula is C36H45FN2O7. The van der Waals surface area contributed by atoms with E-state index in [1.54, 1.807) is 31.4 Å². The van der Waals surface area contributed by atoms with Crippen LogP contribution < -0.4 is 23.7 Å². The van der Waals surface area contributed by atoms with Crippen molar-refractivity contribution in [2.45, 2.75) is 71.4 Å². The third-order valence-corrected chi connectivity index (χ3v) is 8.19. The molecule has 2 aliphatic rings. The zero-order chi connectivity index (χ0) is 33.2. The molecule has 3 aromatic carbocycles. The van der Waals surface area contributed by atoms with Crippen molar-refractivity contribution >= 4 is 17.8 Å². The first-order valence-corrected chi connectivity index (χ1v) is 15.8. The largest absolute Gasteiger partial charge is 0.508 e. The molecule has 1 saturated heterocycles. The molecule has 0 aromatic heterocycles. The molecule has 0 saturated carbocycles. The SMILES string of the molecule is CCCC(C)C(CCC)Oc1cc2c(cc1OC)C(=O)N1CCCC1C=N2.COc1ccc(Oc2cc(O)ccc2F)cc1OC. The van der Waals surface area contributed by atoms with E-state index < -0.39 is 5.82 Å². The van der Waals surface area contributed by atoms with Gasteiger partial charge in [0.2, 0.25) is 0 Å². The molecule has 248 valence electrons. The quantitative estimate of drug-likeness (QED) is 0.213. The maximum atomic E-state index is 13.5. The second-order valence-corrected chi connectivity index (χ2v) is 11.5. The lowest BCUT2D eigenvalue weighted by atomic mass is 9.96. The fourth-order valence-electron chi connectivity index (χ4n) is 5.73. The summed E-state index contributed by atoms with van der Waals surface area (Å²) in [5.41, 5.74) is 1.29. The number of aromatic hydroxyl groups is 1. The molecule has 0 radical (unpaired) electrons. The molecule has 5 rings (SSSR count). The average molecular weight is 637 g/mol. The number of nitrogens with zero attached hydrogens (tertiary/aromatic N) is 2. The molecular weight excluding hydrogens is 591 g/mol. The van der Waals surface area contributed by atoms with Crippen molar-refractivity contribution in [3.63, 3.8) is 0 Å². The summed E-state index contributed by atoms with van der Waals surface area (Å²) >= 11 is 0. The molecule has 1 N–H and O–H groups in total. The van der Waals surface area contributed by atoms with Crippen LogP contribution in [0.3, 0.4) is 0 Å². The summed E-state index contributed by atoms with van der Waals surface area (Å²) in [6.07, 6.45) is 8.40. The van der Waals surface area contributed by atoms with Crippen molar-refractivity contribution in [2.24, 2.45) is 10.9 Å². The monoisotopic (exact) mass is 636 g/mol. The van der Waals surface area contributed by atoms with Crippen molar-refractivity contribution in [1.29, 1.82) is 0 Å². The third kappa shape index (κ3) is 8.21. The summed E-state index contributed by atoms with van der Waals surface area (Å²) in [6.45, 7) is 7.42. The van der Waals surface area contributed by atoms with Crippen molar-refractivity contribution in [3.8, 4) is 40.2 Å². The second-order valence-electron chi connectivity index (χ2n) is 11.5. The van der Waals surface area contributed by atoms with E-state index in [1.165, 1.54) is 26.4 Å². The van der Waals surface area contributed by atoms with Gasteiger partial charge in [-0.15, -0.1) is 0 Å². The number of phenolic OH excluding ortho intramolecular Hbond substituents is 1. The van der Waals surface area contributed by atoms with Gasteiger partial charge in [0.05, 0.1) is 38.6 Å². The Labute approximate surface area is 270 Å². The van der Waals surface area contributed by atoms with E-state index in [4.69, 9.17) is 23.7 Å². The lowest BCUT2D eigenvalue weighted by Gasteiger charge is -2.26. The molecule has 2 heterocycles. The van der Waals surface area contributed by atoms with Gasteiger partial charge >= 0.3 is 0 Å². The lowest BCUT2D eigenvalue weighted by Crippen LogP contribution is -2.35. The predicted octanol–water partition coefficient (Wildman–Crippen LogP) is 8.34. The number of benzene rings is 3. The normalized spacial score (nSPS) is 16.3. The first kappa shape index (κ1) is 34.4. The Kier molecular flexibility index (Phi) is 12.1. The zero-order valence-corrected chi connectivity index (χ0v) is 27.5. The van der Waals surface area contributed by atoms with Gasteiger partial charge in [-0.05, 0) is 61.9 Å². The molecule has 0 spiro atoms. The highest BCUT2D eigenvalue weighted by molar-refractivity contribution is 6.03. The number of phenols is 1. The number of rotatable bonds is 12. The van der Waals surface area contributed by atoms with Gasteiger partial charge in [-0.3, -0.25) is 9.79 Å². The first-order valence-electron chi connectivity index (χ1n) is 15.8. The molecule has 10 heteroatoms. The Hall–Kier alpha value is -4.47. The van der Waals surface area contributed by atoms with Gasteiger partial charge in [-0.25, -0.2) is 4.39 Å². The highest BCUT2D eigenvalue weighted by atomic mass is 19.1. The van der Waals surface area contributed by atoms with E-state index in [0.29, 0.717) is 45.9 Å². The van der Waals surface area contributed by atoms with Gasteiger partial charge in [0.15, 0.2) is 34.6 Å². The fraction of sp³-hybridized carbons (Fsp3) is 0.444. The molecule has 9 nitrogen and oxygen atoms in total. The number of amides is 1. The summed E-state index contributed by atoms with van der Waals surface area (Å²) < 4.78 is 41.0. The van der Waals surface area contributed by atoms with Crippen molar-refractivity contribution in [3.05, 3.63) is 59.9 Å². The van der Waals surface area contributed by atoms with Gasteiger partial charge in [0.25, 0.3) is 5.91 Å². The number of fused-ring (bicyclic) bond motifs is 2. The second kappa shape index (κ2) is 16.2. The number of aliphatic imine (C=N–C) groups is 1. The van der Waals surface area contributed by atoms with E-state index in [2.05, 4.69) is 25.8 Å². The van der Waals surface area contributed by atoms with Crippen molar-refractivity contribution < 1.29 is 38.0 Å². The number of carbonyl (C=O) groups is 1. The van der Waals surface area contributed by atoms with E-state index in [9.17, 15) is 14.3 Å². The van der Waals surface area contributed by atoms with Crippen LogP contribution in [0.1, 0.15) is 69.7 Å². The summed E-state index contributed by atoms with van der Waals surface area (Å²) in [5, 5.41) is 9.31. The van der Waals surface area contributed by atoms with Crippen LogP contribution in [0.25, 0.3) is 0 Å². The average Bonchev–Trinajstić information content (AvgIpc) is 3.49. The van der Waals surface area contributed by atoms with Crippen LogP contribution in [-0.4, -0.2) is 62.1 Å². The number of methoxy groups -OCH3 is 3. The van der Waals surface area contributed by atoms with Crippen LogP contribution in [0.2, 0.25) is 0 Å². The van der Waals surface area contributed by atoms with Crippen LogP contribution in [0.15, 0.2) is 53.5 Å². The summed E-state index contributed by atoms with van der Waals surface area (Å²) in [4.78, 5) is 19.5. The smallest absolute Gasteiger partial charge is 0.256 e. The summed E-state index contributed by atoms with van der Waals surface area (Å²) in [6, 6.07) is 12.2. The maximum absolute atomic E-state index is 13.5. The Morgan fingerprint density at radius 2 is 1.63 bits per heavy atom. The first-order chi connectivity index (χ1) is 22.2. The van der Waals surface area contributed by atoms with E-state index in [1.807, 2.05) is 17.2 Å². The summed E-state index contributed by atoms with van der Waals surface area (Å²) in [5.74, 6) is 2.50. The van der Waals surface area contributed by atoms with Gasteiger partial charge in [0, 0.05) is 31.0 Å². The maximum Gasteiger partial charge on any atom is 0.256 e. The molecule has 3 aromatic rings. The van der Waals surface area contributed by atoms with E-state index in [-0.39, 0.29) is 29.6 Å². The fourth-order valence-corrected chi connectivity index (χ4v) is 5.73. The highest BCUT2D eigenvalue weighted by Crippen LogP contribution is 2.40. The molecule has 1 fully saturated rings. The van der Waals surface area contributed by atoms with Crippen LogP contribution in [-0.2, 0) is 0 Å². The number of carbonyl (C=O) groups excluding carboxylic acids is 1. The van der Waals surface area contributed by atoms with Gasteiger partial charge in [-0.2, -0.15) is 0 Å². The van der Waals surface area contributed by atoms with Crippen molar-refractivity contribution in [1.82, 2.24) is 4.90 Å². The van der Waals surface area contributed by atoms with Crippen molar-refractivity contribution in [2.75, 3.05) is 27.9 Å². The van der Waals surface area contributed by atoms with Gasteiger partial charge < -0.3 is 33.7 Å². The Balaban J connectivity index is 0.000000222. The molecule has 2 aliphatic heterocycles. The molecule has 0 bridgehead atoms. The third-order valence-electron chi connectivity index (χ3n) is 8.19. The number of hydrogen-bond donors (Lipinski definition) is 1. The number of halogens is 1. The zero-order valence-electron chi connectivity index (χ0n) is 27.5. The van der Waals surface area contributed by atoms with Gasteiger partial charge in [0.1, 0.15) is 17.6 Å². The van der Waals surface area contributed by atoms with Crippen LogP contribution in [0, 0.1) is 11.7 Å². The van der Waals surface area contributed by atoms with Gasteiger partial charge in [-0.1, -0.05) is 33.6 Å². The number of ether oxygens (including phenoxy) is 5. The van der Waals surface area contributed by atoms with Crippen LogP contribution in [0.4, 0.5) is 10.1 Å².